The maximum atomic E-state index is 14.7. The molecule has 2 aromatic carbocycles. The molecular weight excluding hydrogens is 658 g/mol. The Kier molecular flexibility index (Phi) is 10.7. The molecule has 0 bridgehead atoms. The first-order valence-corrected chi connectivity index (χ1v) is 18.2. The molecular formula is C38H46FN5O5S. The van der Waals surface area contributed by atoms with Crippen LogP contribution in [0.15, 0.2) is 54.6 Å². The number of nitrogens with zero attached hydrogens (tertiary/aromatic N) is 3. The van der Waals surface area contributed by atoms with Crippen LogP contribution in [0.3, 0.4) is 0 Å². The van der Waals surface area contributed by atoms with E-state index in [2.05, 4.69) is 41.4 Å². The number of halogens is 1. The average molecular weight is 704 g/mol. The minimum absolute atomic E-state index is 0.139. The van der Waals surface area contributed by atoms with Crippen LogP contribution in [0, 0.1) is 23.6 Å². The number of nitrogens with one attached hydrogen (secondary N) is 2. The Hall–Kier alpha value is -4.13. The number of benzene rings is 2. The lowest BCUT2D eigenvalue weighted by Gasteiger charge is -2.36. The monoisotopic (exact) mass is 703 g/mol. The number of carbonyl (C=O) groups excluding carboxylic acids is 3. The third kappa shape index (κ3) is 7.92. The number of hydrogen-bond donors (Lipinski definition) is 2. The van der Waals surface area contributed by atoms with Gasteiger partial charge in [0.1, 0.15) is 16.8 Å². The van der Waals surface area contributed by atoms with Crippen molar-refractivity contribution < 1.29 is 28.2 Å². The third-order valence-corrected chi connectivity index (χ3v) is 11.0. The van der Waals surface area contributed by atoms with Crippen molar-refractivity contribution in [2.75, 3.05) is 31.6 Å². The molecule has 12 heteroatoms. The molecule has 1 aliphatic carbocycles. The Morgan fingerprint density at radius 3 is 2.48 bits per heavy atom. The molecule has 2 fully saturated rings. The number of carbonyl (C=O) groups is 3. The highest BCUT2D eigenvalue weighted by Crippen LogP contribution is 2.37. The maximum absolute atomic E-state index is 14.7. The van der Waals surface area contributed by atoms with Crippen molar-refractivity contribution in [2.45, 2.75) is 72.1 Å². The van der Waals surface area contributed by atoms with E-state index in [0.717, 1.165) is 60.5 Å². The zero-order valence-corrected chi connectivity index (χ0v) is 30.1. The Morgan fingerprint density at radius 2 is 1.78 bits per heavy atom. The zero-order chi connectivity index (χ0) is 35.6. The highest BCUT2D eigenvalue weighted by atomic mass is 32.1. The van der Waals surface area contributed by atoms with E-state index in [0.29, 0.717) is 46.4 Å². The Bertz CT molecular complexity index is 1850. The molecule has 2 amide bonds. The van der Waals surface area contributed by atoms with Gasteiger partial charge in [-0.3, -0.25) is 14.5 Å². The van der Waals surface area contributed by atoms with Gasteiger partial charge in [0.05, 0.1) is 29.0 Å². The lowest BCUT2D eigenvalue weighted by molar-refractivity contribution is 0.00600. The molecule has 1 aliphatic heterocycles. The Labute approximate surface area is 296 Å². The standard InChI is InChI=1S/C38H46FN5O5S/c1-23(2)27-15-10-24(3)20-31(27)49-37(47)44-36-28(21-32(50-36)35(46)41-38(4,5)29-8-6-7-9-30(29)39)33(42-44)40-34(45)26-13-11-25(12-14-26)22-43-16-18-48-19-17-43/h6-9,11-14,21,23-24,27,31H,10,15-20,22H2,1-5H3,(H,41,46)(H,40,42,45)/t24-,27+,31-/m1/s1. The number of thiophene rings is 1. The van der Waals surface area contributed by atoms with Crippen molar-refractivity contribution in [3.8, 4) is 0 Å². The molecule has 2 aliphatic rings. The van der Waals surface area contributed by atoms with E-state index < -0.39 is 29.3 Å². The zero-order valence-electron chi connectivity index (χ0n) is 29.3. The van der Waals surface area contributed by atoms with Gasteiger partial charge in [-0.25, -0.2) is 9.18 Å². The van der Waals surface area contributed by atoms with Gasteiger partial charge in [0.2, 0.25) is 0 Å². The number of morpholine rings is 1. The first kappa shape index (κ1) is 35.7. The van der Waals surface area contributed by atoms with Crippen LogP contribution in [-0.2, 0) is 21.6 Å². The van der Waals surface area contributed by atoms with E-state index in [-0.39, 0.29) is 22.7 Å². The topological polar surface area (TPSA) is 115 Å². The maximum Gasteiger partial charge on any atom is 0.436 e. The number of ether oxygens (including phenoxy) is 2. The van der Waals surface area contributed by atoms with Crippen LogP contribution < -0.4 is 10.6 Å². The van der Waals surface area contributed by atoms with Crippen LogP contribution in [-0.4, -0.2) is 65.0 Å². The summed E-state index contributed by atoms with van der Waals surface area (Å²) in [6.45, 7) is 13.8. The van der Waals surface area contributed by atoms with Crippen molar-refractivity contribution in [1.29, 1.82) is 0 Å². The summed E-state index contributed by atoms with van der Waals surface area (Å²) in [5.41, 5.74) is 0.825. The van der Waals surface area contributed by atoms with Gasteiger partial charge in [0.15, 0.2) is 5.82 Å². The summed E-state index contributed by atoms with van der Waals surface area (Å²) in [6, 6.07) is 15.3. The highest BCUT2D eigenvalue weighted by molar-refractivity contribution is 7.20. The fourth-order valence-electron chi connectivity index (χ4n) is 7.00. The molecule has 6 rings (SSSR count). The molecule has 0 unspecified atom stereocenters. The highest BCUT2D eigenvalue weighted by Gasteiger charge is 2.35. The lowest BCUT2D eigenvalue weighted by atomic mass is 9.75. The molecule has 2 aromatic heterocycles. The van der Waals surface area contributed by atoms with Crippen molar-refractivity contribution in [1.82, 2.24) is 20.0 Å². The van der Waals surface area contributed by atoms with Crippen molar-refractivity contribution >= 4 is 45.3 Å². The van der Waals surface area contributed by atoms with Gasteiger partial charge in [-0.2, -0.15) is 4.68 Å². The number of rotatable bonds is 9. The van der Waals surface area contributed by atoms with Gasteiger partial charge >= 0.3 is 6.09 Å². The summed E-state index contributed by atoms with van der Waals surface area (Å²) >= 11 is 1.06. The molecule has 2 N–H and O–H groups in total. The fraction of sp³-hybridized carbons (Fsp3) is 0.474. The van der Waals surface area contributed by atoms with E-state index >= 15 is 0 Å². The van der Waals surface area contributed by atoms with Crippen molar-refractivity contribution in [3.63, 3.8) is 0 Å². The van der Waals surface area contributed by atoms with Crippen LogP contribution in [0.4, 0.5) is 15.0 Å². The average Bonchev–Trinajstić information content (AvgIpc) is 3.66. The first-order chi connectivity index (χ1) is 23.9. The molecule has 3 heterocycles. The van der Waals surface area contributed by atoms with E-state index in [1.54, 1.807) is 50.2 Å². The normalized spacial score (nSPS) is 20.2. The number of hydrogen-bond acceptors (Lipinski definition) is 8. The molecule has 1 saturated carbocycles. The number of aromatic nitrogens is 2. The molecule has 1 saturated heterocycles. The number of fused-ring (bicyclic) bond motifs is 1. The van der Waals surface area contributed by atoms with E-state index in [1.165, 1.54) is 6.07 Å². The minimum atomic E-state index is -1.03. The smallest absolute Gasteiger partial charge is 0.436 e. The van der Waals surface area contributed by atoms with Gasteiger partial charge in [0.25, 0.3) is 11.8 Å². The first-order valence-electron chi connectivity index (χ1n) is 17.4. The molecule has 0 spiro atoms. The van der Waals surface area contributed by atoms with Gasteiger partial charge in [-0.1, -0.05) is 57.5 Å². The van der Waals surface area contributed by atoms with E-state index in [1.807, 2.05) is 12.1 Å². The lowest BCUT2D eigenvalue weighted by Crippen LogP contribution is -2.41. The Balaban J connectivity index is 1.27. The van der Waals surface area contributed by atoms with E-state index in [9.17, 15) is 18.8 Å². The quantitative estimate of drug-likeness (QED) is 0.186. The van der Waals surface area contributed by atoms with Crippen LogP contribution in [0.25, 0.3) is 10.2 Å². The second-order valence-corrected chi connectivity index (χ2v) is 15.5. The number of amides is 2. The van der Waals surface area contributed by atoms with Crippen molar-refractivity contribution in [2.24, 2.45) is 17.8 Å². The summed E-state index contributed by atoms with van der Waals surface area (Å²) < 4.78 is 27.4. The minimum Gasteiger partial charge on any atom is -0.444 e. The van der Waals surface area contributed by atoms with Crippen molar-refractivity contribution in [3.05, 3.63) is 82.0 Å². The Morgan fingerprint density at radius 1 is 1.06 bits per heavy atom. The van der Waals surface area contributed by atoms with Crippen LogP contribution in [0.5, 0.6) is 0 Å². The predicted octanol–water partition coefficient (Wildman–Crippen LogP) is 7.43. The van der Waals surface area contributed by atoms with Gasteiger partial charge in [-0.15, -0.1) is 16.4 Å². The second kappa shape index (κ2) is 15.0. The molecule has 50 heavy (non-hydrogen) atoms. The van der Waals surface area contributed by atoms with Gasteiger partial charge < -0.3 is 20.1 Å². The van der Waals surface area contributed by atoms with Gasteiger partial charge in [0, 0.05) is 30.8 Å². The van der Waals surface area contributed by atoms with E-state index in [4.69, 9.17) is 9.47 Å². The SMILES string of the molecule is CC(C)[C@@H]1CC[C@@H](C)C[C@H]1OC(=O)n1nc(NC(=O)c2ccc(CN3CCOCC3)cc2)c2cc(C(=O)NC(C)(C)c3ccccc3F)sc21. The summed E-state index contributed by atoms with van der Waals surface area (Å²) in [6.07, 6.45) is 1.88. The molecule has 4 aromatic rings. The summed E-state index contributed by atoms with van der Waals surface area (Å²) in [7, 11) is 0. The number of anilines is 1. The summed E-state index contributed by atoms with van der Waals surface area (Å²) in [5.74, 6) is -0.163. The summed E-state index contributed by atoms with van der Waals surface area (Å²) in [4.78, 5) is 43.9. The molecule has 266 valence electrons. The largest absolute Gasteiger partial charge is 0.444 e. The van der Waals surface area contributed by atoms with Crippen LogP contribution in [0.1, 0.15) is 85.0 Å². The third-order valence-electron chi connectivity index (χ3n) is 9.90. The van der Waals surface area contributed by atoms with Crippen LogP contribution in [0.2, 0.25) is 0 Å². The van der Waals surface area contributed by atoms with Crippen LogP contribution >= 0.6 is 11.3 Å². The fourth-order valence-corrected chi connectivity index (χ4v) is 8.00. The predicted molar refractivity (Wildman–Crippen MR) is 192 cm³/mol. The molecule has 0 radical (unpaired) electrons. The molecule has 3 atom stereocenters. The summed E-state index contributed by atoms with van der Waals surface area (Å²) in [5, 5.41) is 10.7. The van der Waals surface area contributed by atoms with Gasteiger partial charge in [-0.05, 0) is 74.3 Å². The second-order valence-electron chi connectivity index (χ2n) is 14.4. The molecule has 10 nitrogen and oxygen atoms in total.